The third kappa shape index (κ3) is 3.95. The minimum absolute atomic E-state index is 0.0495. The molecule has 1 fully saturated rings. The lowest BCUT2D eigenvalue weighted by Crippen LogP contribution is -2.45. The minimum atomic E-state index is -4.44. The summed E-state index contributed by atoms with van der Waals surface area (Å²) < 4.78 is 42.6. The van der Waals surface area contributed by atoms with E-state index in [9.17, 15) is 13.2 Å². The lowest BCUT2D eigenvalue weighted by molar-refractivity contribution is -0.137. The number of ether oxygens (including phenoxy) is 1. The standard InChI is InChI=1S/C11H13ClF3N3O/c12-9-3-7(11(13,14)15)4-17-10(9)18-5-8-6-19-2-1-16-8/h3-4,8,16H,1-2,5-6H2,(H,17,18). The first-order valence-corrected chi connectivity index (χ1v) is 6.12. The van der Waals surface area contributed by atoms with E-state index < -0.39 is 11.7 Å². The number of pyridine rings is 1. The van der Waals surface area contributed by atoms with Crippen molar-refractivity contribution in [1.29, 1.82) is 0 Å². The quantitative estimate of drug-likeness (QED) is 0.897. The van der Waals surface area contributed by atoms with Crippen LogP contribution in [0.25, 0.3) is 0 Å². The van der Waals surface area contributed by atoms with Gasteiger partial charge in [-0.25, -0.2) is 4.98 Å². The van der Waals surface area contributed by atoms with Gasteiger partial charge in [0.25, 0.3) is 0 Å². The molecule has 1 unspecified atom stereocenters. The number of nitrogens with one attached hydrogen (secondary N) is 2. The molecule has 0 saturated carbocycles. The predicted molar refractivity (Wildman–Crippen MR) is 65.3 cm³/mol. The molecule has 2 N–H and O–H groups in total. The van der Waals surface area contributed by atoms with Gasteiger partial charge in [-0.05, 0) is 6.07 Å². The van der Waals surface area contributed by atoms with E-state index in [2.05, 4.69) is 15.6 Å². The zero-order chi connectivity index (χ0) is 13.9. The number of rotatable bonds is 3. The van der Waals surface area contributed by atoms with Crippen LogP contribution >= 0.6 is 11.6 Å². The van der Waals surface area contributed by atoms with Crippen LogP contribution in [0.3, 0.4) is 0 Å². The van der Waals surface area contributed by atoms with Crippen LogP contribution in [-0.4, -0.2) is 37.3 Å². The molecule has 0 bridgehead atoms. The highest BCUT2D eigenvalue weighted by Gasteiger charge is 2.31. The number of aromatic nitrogens is 1. The second kappa shape index (κ2) is 5.94. The molecule has 0 aromatic carbocycles. The molecule has 0 radical (unpaired) electrons. The van der Waals surface area contributed by atoms with Crippen LogP contribution in [0.1, 0.15) is 5.56 Å². The van der Waals surface area contributed by atoms with Crippen molar-refractivity contribution < 1.29 is 17.9 Å². The van der Waals surface area contributed by atoms with E-state index in [1.54, 1.807) is 0 Å². The molecule has 2 heterocycles. The van der Waals surface area contributed by atoms with Crippen molar-refractivity contribution in [2.24, 2.45) is 0 Å². The SMILES string of the molecule is FC(F)(F)c1cnc(NCC2COCCN2)c(Cl)c1. The van der Waals surface area contributed by atoms with Gasteiger partial charge in [0, 0.05) is 25.3 Å². The minimum Gasteiger partial charge on any atom is -0.378 e. The summed E-state index contributed by atoms with van der Waals surface area (Å²) in [5.41, 5.74) is -0.859. The summed E-state index contributed by atoms with van der Waals surface area (Å²) in [5, 5.41) is 6.06. The summed E-state index contributed by atoms with van der Waals surface area (Å²) in [7, 11) is 0. The maximum Gasteiger partial charge on any atom is 0.417 e. The van der Waals surface area contributed by atoms with Gasteiger partial charge in [0.1, 0.15) is 5.82 Å². The highest BCUT2D eigenvalue weighted by atomic mass is 35.5. The largest absolute Gasteiger partial charge is 0.417 e. The first kappa shape index (κ1) is 14.4. The molecular formula is C11H13ClF3N3O. The van der Waals surface area contributed by atoms with Gasteiger partial charge in [0.2, 0.25) is 0 Å². The summed E-state index contributed by atoms with van der Waals surface area (Å²) >= 11 is 5.78. The Morgan fingerprint density at radius 3 is 2.89 bits per heavy atom. The second-order valence-electron chi connectivity index (χ2n) is 4.16. The zero-order valence-corrected chi connectivity index (χ0v) is 10.7. The summed E-state index contributed by atoms with van der Waals surface area (Å²) in [5.74, 6) is 0.238. The average Bonchev–Trinajstić information content (AvgIpc) is 2.37. The molecule has 8 heteroatoms. The van der Waals surface area contributed by atoms with E-state index in [1.807, 2.05) is 0 Å². The molecule has 4 nitrogen and oxygen atoms in total. The van der Waals surface area contributed by atoms with Crippen LogP contribution < -0.4 is 10.6 Å². The molecule has 1 aromatic heterocycles. The van der Waals surface area contributed by atoms with Crippen molar-refractivity contribution in [2.45, 2.75) is 12.2 Å². The molecule has 0 amide bonds. The number of hydrogen-bond acceptors (Lipinski definition) is 4. The maximum atomic E-state index is 12.4. The number of anilines is 1. The molecule has 1 aliphatic rings. The lowest BCUT2D eigenvalue weighted by atomic mass is 10.2. The van der Waals surface area contributed by atoms with Gasteiger partial charge in [-0.3, -0.25) is 0 Å². The number of hydrogen-bond donors (Lipinski definition) is 2. The molecule has 1 aromatic rings. The Kier molecular flexibility index (Phi) is 4.49. The van der Waals surface area contributed by atoms with E-state index in [1.165, 1.54) is 0 Å². The average molecular weight is 296 g/mol. The molecule has 1 saturated heterocycles. The molecular weight excluding hydrogens is 283 g/mol. The number of nitrogens with zero attached hydrogens (tertiary/aromatic N) is 1. The fourth-order valence-electron chi connectivity index (χ4n) is 1.69. The van der Waals surface area contributed by atoms with E-state index in [0.717, 1.165) is 18.8 Å². The number of halogens is 4. The van der Waals surface area contributed by atoms with Gasteiger partial charge in [-0.15, -0.1) is 0 Å². The van der Waals surface area contributed by atoms with E-state index in [0.29, 0.717) is 19.8 Å². The lowest BCUT2D eigenvalue weighted by Gasteiger charge is -2.24. The molecule has 19 heavy (non-hydrogen) atoms. The Hall–Kier alpha value is -1.05. The van der Waals surface area contributed by atoms with Crippen LogP contribution in [0.15, 0.2) is 12.3 Å². The third-order valence-electron chi connectivity index (χ3n) is 2.68. The smallest absolute Gasteiger partial charge is 0.378 e. The third-order valence-corrected chi connectivity index (χ3v) is 2.97. The van der Waals surface area contributed by atoms with Crippen molar-refractivity contribution in [3.05, 3.63) is 22.8 Å². The van der Waals surface area contributed by atoms with Crippen molar-refractivity contribution in [2.75, 3.05) is 31.6 Å². The summed E-state index contributed by atoms with van der Waals surface area (Å²) in [6.45, 7) is 2.44. The summed E-state index contributed by atoms with van der Waals surface area (Å²) in [6.07, 6.45) is -3.67. The Morgan fingerprint density at radius 1 is 1.53 bits per heavy atom. The highest BCUT2D eigenvalue weighted by molar-refractivity contribution is 6.32. The molecule has 1 atom stereocenters. The van der Waals surface area contributed by atoms with E-state index in [-0.39, 0.29) is 16.9 Å². The van der Waals surface area contributed by atoms with Gasteiger partial charge in [-0.2, -0.15) is 13.2 Å². The Bertz CT molecular complexity index is 436. The first-order chi connectivity index (χ1) is 8.97. The van der Waals surface area contributed by atoms with Gasteiger partial charge < -0.3 is 15.4 Å². The summed E-state index contributed by atoms with van der Waals surface area (Å²) in [6, 6.07) is 0.954. The topological polar surface area (TPSA) is 46.2 Å². The van der Waals surface area contributed by atoms with Gasteiger partial charge in [0.05, 0.1) is 23.8 Å². The number of morpholine rings is 1. The number of alkyl halides is 3. The van der Waals surface area contributed by atoms with Gasteiger partial charge in [0.15, 0.2) is 0 Å². The second-order valence-corrected chi connectivity index (χ2v) is 4.57. The normalized spacial score (nSPS) is 20.3. The fourth-order valence-corrected chi connectivity index (χ4v) is 1.93. The van der Waals surface area contributed by atoms with Gasteiger partial charge >= 0.3 is 6.18 Å². The van der Waals surface area contributed by atoms with Crippen LogP contribution in [-0.2, 0) is 10.9 Å². The van der Waals surface area contributed by atoms with E-state index in [4.69, 9.17) is 16.3 Å². The predicted octanol–water partition coefficient (Wildman–Crippen LogP) is 2.15. The molecule has 0 aliphatic carbocycles. The van der Waals surface area contributed by atoms with Crippen molar-refractivity contribution in [1.82, 2.24) is 10.3 Å². The maximum absolute atomic E-state index is 12.4. The fraction of sp³-hybridized carbons (Fsp3) is 0.545. The van der Waals surface area contributed by atoms with Crippen molar-refractivity contribution in [3.63, 3.8) is 0 Å². The van der Waals surface area contributed by atoms with Gasteiger partial charge in [-0.1, -0.05) is 11.6 Å². The first-order valence-electron chi connectivity index (χ1n) is 5.74. The Morgan fingerprint density at radius 2 is 2.32 bits per heavy atom. The Labute approximate surface area is 113 Å². The molecule has 106 valence electrons. The molecule has 2 rings (SSSR count). The summed E-state index contributed by atoms with van der Waals surface area (Å²) in [4.78, 5) is 3.70. The molecule has 0 spiro atoms. The van der Waals surface area contributed by atoms with Crippen LogP contribution in [0.2, 0.25) is 5.02 Å². The van der Waals surface area contributed by atoms with Crippen molar-refractivity contribution in [3.8, 4) is 0 Å². The van der Waals surface area contributed by atoms with Crippen LogP contribution in [0.4, 0.5) is 19.0 Å². The highest BCUT2D eigenvalue weighted by Crippen LogP contribution is 2.32. The van der Waals surface area contributed by atoms with Crippen LogP contribution in [0.5, 0.6) is 0 Å². The monoisotopic (exact) mass is 295 g/mol. The van der Waals surface area contributed by atoms with Crippen LogP contribution in [0, 0.1) is 0 Å². The van der Waals surface area contributed by atoms with E-state index >= 15 is 0 Å². The zero-order valence-electron chi connectivity index (χ0n) is 9.93. The molecule has 1 aliphatic heterocycles. The van der Waals surface area contributed by atoms with Crippen molar-refractivity contribution >= 4 is 17.4 Å². The Balaban J connectivity index is 1.97.